The van der Waals surface area contributed by atoms with Crippen LogP contribution in [-0.2, 0) is 0 Å². The summed E-state index contributed by atoms with van der Waals surface area (Å²) >= 11 is 0. The van der Waals surface area contributed by atoms with E-state index in [-0.39, 0.29) is 0 Å². The lowest BCUT2D eigenvalue weighted by molar-refractivity contribution is 0.301. The van der Waals surface area contributed by atoms with Gasteiger partial charge in [-0.05, 0) is 31.7 Å². The van der Waals surface area contributed by atoms with Crippen molar-refractivity contribution < 1.29 is 0 Å². The molecule has 1 N–H and O–H groups in total. The molecule has 72 valence electrons. The van der Waals surface area contributed by atoms with Crippen molar-refractivity contribution in [1.82, 2.24) is 5.32 Å². The third-order valence-corrected chi connectivity index (χ3v) is 2.90. The molecule has 0 heterocycles. The van der Waals surface area contributed by atoms with Gasteiger partial charge in [0.1, 0.15) is 0 Å². The molecule has 0 aromatic carbocycles. The van der Waals surface area contributed by atoms with E-state index in [0.29, 0.717) is 0 Å². The van der Waals surface area contributed by atoms with E-state index in [1.807, 2.05) is 0 Å². The molecule has 0 spiro atoms. The summed E-state index contributed by atoms with van der Waals surface area (Å²) in [5.41, 5.74) is 0. The van der Waals surface area contributed by atoms with Gasteiger partial charge in [0.15, 0.2) is 0 Å². The maximum atomic E-state index is 3.65. The Morgan fingerprint density at radius 3 is 2.83 bits per heavy atom. The third kappa shape index (κ3) is 3.57. The van der Waals surface area contributed by atoms with Crippen LogP contribution in [-0.4, -0.2) is 12.6 Å². The number of nitrogens with one attached hydrogen (secondary N) is 1. The Morgan fingerprint density at radius 1 is 1.33 bits per heavy atom. The average Bonchev–Trinajstić information content (AvgIpc) is 2.05. The molecule has 0 amide bonds. The van der Waals surface area contributed by atoms with Crippen LogP contribution in [0.25, 0.3) is 0 Å². The van der Waals surface area contributed by atoms with E-state index < -0.39 is 0 Å². The minimum atomic E-state index is 0.834. The summed E-state index contributed by atoms with van der Waals surface area (Å²) in [6, 6.07) is 0.834. The molecule has 1 rings (SSSR count). The molecule has 0 aliphatic heterocycles. The third-order valence-electron chi connectivity index (χ3n) is 2.90. The smallest absolute Gasteiger partial charge is 0.00696 e. The molecule has 1 aliphatic rings. The maximum Gasteiger partial charge on any atom is 0.00696 e. The van der Waals surface area contributed by atoms with Gasteiger partial charge in [-0.3, -0.25) is 0 Å². The van der Waals surface area contributed by atoms with Gasteiger partial charge in [-0.25, -0.2) is 0 Å². The van der Waals surface area contributed by atoms with E-state index in [2.05, 4.69) is 19.2 Å². The summed E-state index contributed by atoms with van der Waals surface area (Å²) in [6.45, 7) is 5.87. The van der Waals surface area contributed by atoms with Crippen molar-refractivity contribution in [3.63, 3.8) is 0 Å². The Bertz CT molecular complexity index is 112. The summed E-state index contributed by atoms with van der Waals surface area (Å²) in [7, 11) is 0. The van der Waals surface area contributed by atoms with Crippen LogP contribution in [0, 0.1) is 5.92 Å². The molecule has 1 saturated carbocycles. The normalized spacial score (nSPS) is 30.5. The predicted octanol–water partition coefficient (Wildman–Crippen LogP) is 2.95. The highest BCUT2D eigenvalue weighted by Crippen LogP contribution is 2.23. The Balaban J connectivity index is 2.06. The summed E-state index contributed by atoms with van der Waals surface area (Å²) in [5.74, 6) is 0.956. The molecule has 2 atom stereocenters. The molecule has 0 radical (unpaired) electrons. The minimum Gasteiger partial charge on any atom is -0.314 e. The van der Waals surface area contributed by atoms with Crippen LogP contribution in [0.15, 0.2) is 0 Å². The molecule has 1 nitrogen and oxygen atoms in total. The Labute approximate surface area is 76.9 Å². The van der Waals surface area contributed by atoms with E-state index in [4.69, 9.17) is 0 Å². The lowest BCUT2D eigenvalue weighted by atomic mass is 9.87. The zero-order valence-electron chi connectivity index (χ0n) is 8.60. The first-order valence-electron chi connectivity index (χ1n) is 5.56. The van der Waals surface area contributed by atoms with Crippen LogP contribution in [0.5, 0.6) is 0 Å². The van der Waals surface area contributed by atoms with E-state index >= 15 is 0 Å². The number of unbranched alkanes of at least 4 members (excludes halogenated alkanes) is 1. The van der Waals surface area contributed by atoms with Crippen molar-refractivity contribution in [3.8, 4) is 0 Å². The first-order chi connectivity index (χ1) is 5.83. The summed E-state index contributed by atoms with van der Waals surface area (Å²) in [4.78, 5) is 0. The first kappa shape index (κ1) is 10.0. The van der Waals surface area contributed by atoms with Gasteiger partial charge in [0.25, 0.3) is 0 Å². The van der Waals surface area contributed by atoms with Gasteiger partial charge in [-0.1, -0.05) is 33.1 Å². The Kier molecular flexibility index (Phi) is 4.67. The quantitative estimate of drug-likeness (QED) is 0.638. The molecule has 0 saturated heterocycles. The standard InChI is InChI=1S/C11H23N/c1-3-4-8-12-11-7-5-6-10(2)9-11/h10-12H,3-9H2,1-2H3/t10-,11-/m1/s1. The second-order valence-corrected chi connectivity index (χ2v) is 4.28. The average molecular weight is 169 g/mol. The number of hydrogen-bond acceptors (Lipinski definition) is 1. The highest BCUT2D eigenvalue weighted by molar-refractivity contribution is 4.75. The molecule has 0 unspecified atom stereocenters. The van der Waals surface area contributed by atoms with Gasteiger partial charge in [0.2, 0.25) is 0 Å². The maximum absolute atomic E-state index is 3.65. The fourth-order valence-corrected chi connectivity index (χ4v) is 2.10. The summed E-state index contributed by atoms with van der Waals surface area (Å²) in [6.07, 6.45) is 8.36. The predicted molar refractivity (Wildman–Crippen MR) is 54.3 cm³/mol. The topological polar surface area (TPSA) is 12.0 Å². The molecule has 1 heteroatoms. The molecule has 1 aliphatic carbocycles. The Hall–Kier alpha value is -0.0400. The van der Waals surface area contributed by atoms with Crippen LogP contribution in [0.1, 0.15) is 52.4 Å². The van der Waals surface area contributed by atoms with Crippen molar-refractivity contribution in [2.45, 2.75) is 58.4 Å². The first-order valence-corrected chi connectivity index (χ1v) is 5.56. The van der Waals surface area contributed by atoms with Gasteiger partial charge in [-0.2, -0.15) is 0 Å². The van der Waals surface area contributed by atoms with E-state index in [9.17, 15) is 0 Å². The van der Waals surface area contributed by atoms with Gasteiger partial charge >= 0.3 is 0 Å². The monoisotopic (exact) mass is 169 g/mol. The van der Waals surface area contributed by atoms with Crippen LogP contribution < -0.4 is 5.32 Å². The van der Waals surface area contributed by atoms with E-state index in [1.54, 1.807) is 0 Å². The lowest BCUT2D eigenvalue weighted by Crippen LogP contribution is -2.34. The lowest BCUT2D eigenvalue weighted by Gasteiger charge is -2.27. The molecule has 0 aromatic rings. The highest BCUT2D eigenvalue weighted by atomic mass is 14.9. The van der Waals surface area contributed by atoms with Crippen molar-refractivity contribution in [3.05, 3.63) is 0 Å². The second-order valence-electron chi connectivity index (χ2n) is 4.28. The zero-order valence-corrected chi connectivity index (χ0v) is 8.60. The van der Waals surface area contributed by atoms with E-state index in [0.717, 1.165) is 12.0 Å². The Morgan fingerprint density at radius 2 is 2.17 bits per heavy atom. The van der Waals surface area contributed by atoms with Crippen LogP contribution >= 0.6 is 0 Å². The molecule has 0 aromatic heterocycles. The SMILES string of the molecule is CCCCN[C@@H]1CCC[C@@H](C)C1. The minimum absolute atomic E-state index is 0.834. The van der Waals surface area contributed by atoms with Crippen LogP contribution in [0.2, 0.25) is 0 Å². The molecular formula is C11H23N. The fraction of sp³-hybridized carbons (Fsp3) is 1.00. The highest BCUT2D eigenvalue weighted by Gasteiger charge is 2.17. The van der Waals surface area contributed by atoms with Crippen LogP contribution in [0.3, 0.4) is 0 Å². The van der Waals surface area contributed by atoms with Crippen molar-refractivity contribution in [2.75, 3.05) is 6.54 Å². The van der Waals surface area contributed by atoms with Gasteiger partial charge in [0, 0.05) is 6.04 Å². The van der Waals surface area contributed by atoms with E-state index in [1.165, 1.54) is 45.1 Å². The van der Waals surface area contributed by atoms with Crippen LogP contribution in [0.4, 0.5) is 0 Å². The fourth-order valence-electron chi connectivity index (χ4n) is 2.10. The molecule has 0 bridgehead atoms. The molecule has 12 heavy (non-hydrogen) atoms. The summed E-state index contributed by atoms with van der Waals surface area (Å²) in [5, 5.41) is 3.65. The largest absolute Gasteiger partial charge is 0.314 e. The van der Waals surface area contributed by atoms with Gasteiger partial charge < -0.3 is 5.32 Å². The van der Waals surface area contributed by atoms with Crippen molar-refractivity contribution in [2.24, 2.45) is 5.92 Å². The summed E-state index contributed by atoms with van der Waals surface area (Å²) < 4.78 is 0. The van der Waals surface area contributed by atoms with Gasteiger partial charge in [0.05, 0.1) is 0 Å². The van der Waals surface area contributed by atoms with Crippen molar-refractivity contribution in [1.29, 1.82) is 0 Å². The van der Waals surface area contributed by atoms with Gasteiger partial charge in [-0.15, -0.1) is 0 Å². The zero-order chi connectivity index (χ0) is 8.81. The van der Waals surface area contributed by atoms with Crippen molar-refractivity contribution >= 4 is 0 Å². The molecular weight excluding hydrogens is 146 g/mol. The number of rotatable bonds is 4. The second kappa shape index (κ2) is 5.58. The molecule has 1 fully saturated rings. The number of hydrogen-bond donors (Lipinski definition) is 1.